The van der Waals surface area contributed by atoms with Gasteiger partial charge in [-0.15, -0.1) is 0 Å². The molecule has 0 N–H and O–H groups in total. The van der Waals surface area contributed by atoms with E-state index in [1.807, 2.05) is 84.0 Å². The molecule has 0 spiro atoms. The highest BCUT2D eigenvalue weighted by molar-refractivity contribution is 5.93. The number of ether oxygens (including phenoxy) is 3. The topological polar surface area (TPSA) is 65.1 Å². The van der Waals surface area contributed by atoms with Gasteiger partial charge in [0.25, 0.3) is 0 Å². The average molecular weight is 622 g/mol. The number of carbonyl (C=O) groups excluding carboxylic acids is 2. The van der Waals surface area contributed by atoms with Crippen molar-refractivity contribution in [2.45, 2.75) is 67.2 Å². The molecule has 1 heterocycles. The molecule has 0 radical (unpaired) electrons. The first kappa shape index (κ1) is 33.2. The fraction of sp³-hybridized carbons (Fsp3) is 0.400. The molecular formula is C40H47NO5. The minimum absolute atomic E-state index is 0.269. The van der Waals surface area contributed by atoms with Gasteiger partial charge in [0.2, 0.25) is 0 Å². The molecule has 5 rings (SSSR count). The number of carbonyl (C=O) groups is 2. The van der Waals surface area contributed by atoms with Crippen LogP contribution in [-0.2, 0) is 16.0 Å². The second-order valence-electron chi connectivity index (χ2n) is 14.3. The summed E-state index contributed by atoms with van der Waals surface area (Å²) in [5, 5.41) is 2.07. The zero-order valence-electron chi connectivity index (χ0n) is 28.2. The second kappa shape index (κ2) is 14.1. The number of piperidine rings is 1. The average Bonchev–Trinajstić information content (AvgIpc) is 3.02. The summed E-state index contributed by atoms with van der Waals surface area (Å²) in [6, 6.07) is 26.1. The van der Waals surface area contributed by atoms with Crippen LogP contribution in [0.5, 0.6) is 17.2 Å². The third-order valence-electron chi connectivity index (χ3n) is 8.34. The van der Waals surface area contributed by atoms with Gasteiger partial charge in [-0.05, 0) is 143 Å². The molecule has 6 heteroatoms. The summed E-state index contributed by atoms with van der Waals surface area (Å²) in [5.41, 5.74) is 3.25. The van der Waals surface area contributed by atoms with Crippen molar-refractivity contribution < 1.29 is 23.8 Å². The lowest BCUT2D eigenvalue weighted by atomic mass is 9.90. The molecular weight excluding hydrogens is 574 g/mol. The smallest absolute Gasteiger partial charge is 0.316 e. The highest BCUT2D eigenvalue weighted by atomic mass is 16.5. The molecule has 1 aliphatic heterocycles. The maximum atomic E-state index is 12.6. The third-order valence-corrected chi connectivity index (χ3v) is 8.34. The minimum atomic E-state index is -0.596. The summed E-state index contributed by atoms with van der Waals surface area (Å²) < 4.78 is 17.4. The van der Waals surface area contributed by atoms with Crippen molar-refractivity contribution >= 4 is 22.7 Å². The van der Waals surface area contributed by atoms with Crippen molar-refractivity contribution in [2.24, 2.45) is 10.8 Å². The quantitative estimate of drug-likeness (QED) is 0.137. The Morgan fingerprint density at radius 3 is 1.89 bits per heavy atom. The maximum absolute atomic E-state index is 12.6. The first-order chi connectivity index (χ1) is 21.9. The van der Waals surface area contributed by atoms with Crippen molar-refractivity contribution in [3.8, 4) is 28.4 Å². The molecule has 0 atom stereocenters. The maximum Gasteiger partial charge on any atom is 0.316 e. The summed E-state index contributed by atoms with van der Waals surface area (Å²) in [6.45, 7) is 15.1. The van der Waals surface area contributed by atoms with Crippen LogP contribution >= 0.6 is 0 Å². The van der Waals surface area contributed by atoms with Crippen LogP contribution in [0.1, 0.15) is 71.9 Å². The molecule has 0 aliphatic carbocycles. The summed E-state index contributed by atoms with van der Waals surface area (Å²) >= 11 is 0. The van der Waals surface area contributed by atoms with E-state index in [4.69, 9.17) is 14.2 Å². The fourth-order valence-electron chi connectivity index (χ4n) is 5.50. The van der Waals surface area contributed by atoms with E-state index in [-0.39, 0.29) is 11.9 Å². The van der Waals surface area contributed by atoms with Crippen molar-refractivity contribution in [3.05, 3.63) is 90.0 Å². The Kier molecular flexibility index (Phi) is 10.2. The Labute approximate surface area is 273 Å². The lowest BCUT2D eigenvalue weighted by molar-refractivity contribution is -0.143. The van der Waals surface area contributed by atoms with Gasteiger partial charge >= 0.3 is 11.9 Å². The molecule has 0 bridgehead atoms. The molecule has 1 saturated heterocycles. The first-order valence-corrected chi connectivity index (χ1v) is 16.4. The Bertz CT molecular complexity index is 1650. The molecule has 1 fully saturated rings. The lowest BCUT2D eigenvalue weighted by Gasteiger charge is -2.26. The van der Waals surface area contributed by atoms with E-state index in [1.54, 1.807) is 0 Å². The van der Waals surface area contributed by atoms with Gasteiger partial charge in [-0.1, -0.05) is 48.9 Å². The Morgan fingerprint density at radius 2 is 1.26 bits per heavy atom. The normalized spacial score (nSPS) is 14.2. The van der Waals surface area contributed by atoms with Gasteiger partial charge in [-0.25, -0.2) is 0 Å². The Morgan fingerprint density at radius 1 is 0.674 bits per heavy atom. The Balaban J connectivity index is 1.41. The van der Waals surface area contributed by atoms with Crippen LogP contribution in [0, 0.1) is 10.8 Å². The molecule has 0 amide bonds. The van der Waals surface area contributed by atoms with E-state index in [0.717, 1.165) is 45.3 Å². The summed E-state index contributed by atoms with van der Waals surface area (Å²) in [6.07, 6.45) is 4.59. The van der Waals surface area contributed by atoms with E-state index < -0.39 is 10.8 Å². The highest BCUT2D eigenvalue weighted by Crippen LogP contribution is 2.35. The standard InChI is InChI=1S/C40H47NO5/c1-39(2,3)37(42)45-32-17-12-29(13-18-32)34-20-14-30-27-33(46-38(43)40(4,5)6)19-21-35(30)36(34)26-28-10-15-31(16-11-28)44-25-24-41-22-8-7-9-23-41/h10-21,27H,7-9,22-26H2,1-6H3. The van der Waals surface area contributed by atoms with Gasteiger partial charge in [0.15, 0.2) is 0 Å². The Hall–Kier alpha value is -4.16. The van der Waals surface area contributed by atoms with Crippen LogP contribution in [-0.4, -0.2) is 43.1 Å². The van der Waals surface area contributed by atoms with E-state index >= 15 is 0 Å². The van der Waals surface area contributed by atoms with E-state index in [2.05, 4.69) is 41.3 Å². The molecule has 1 aliphatic rings. The van der Waals surface area contributed by atoms with E-state index in [0.29, 0.717) is 24.5 Å². The molecule has 4 aromatic rings. The number of nitrogens with zero attached hydrogens (tertiary/aromatic N) is 1. The van der Waals surface area contributed by atoms with Gasteiger partial charge in [0.05, 0.1) is 10.8 Å². The van der Waals surface area contributed by atoms with Crippen molar-refractivity contribution in [3.63, 3.8) is 0 Å². The van der Waals surface area contributed by atoms with Crippen LogP contribution in [0.15, 0.2) is 78.9 Å². The number of fused-ring (bicyclic) bond motifs is 1. The van der Waals surface area contributed by atoms with Gasteiger partial charge < -0.3 is 14.2 Å². The number of esters is 2. The molecule has 0 aromatic heterocycles. The predicted octanol–water partition coefficient (Wildman–Crippen LogP) is 8.87. The number of hydrogen-bond acceptors (Lipinski definition) is 6. The summed E-state index contributed by atoms with van der Waals surface area (Å²) in [4.78, 5) is 27.5. The predicted molar refractivity (Wildman–Crippen MR) is 185 cm³/mol. The molecule has 242 valence electrons. The monoisotopic (exact) mass is 621 g/mol. The molecule has 46 heavy (non-hydrogen) atoms. The second-order valence-corrected chi connectivity index (χ2v) is 14.3. The lowest BCUT2D eigenvalue weighted by Crippen LogP contribution is -2.33. The zero-order chi connectivity index (χ0) is 32.9. The highest BCUT2D eigenvalue weighted by Gasteiger charge is 2.25. The van der Waals surface area contributed by atoms with Crippen molar-refractivity contribution in [1.82, 2.24) is 4.90 Å². The summed E-state index contributed by atoms with van der Waals surface area (Å²) in [5.74, 6) is 1.39. The van der Waals surface area contributed by atoms with E-state index in [9.17, 15) is 9.59 Å². The zero-order valence-corrected chi connectivity index (χ0v) is 28.2. The molecule has 6 nitrogen and oxygen atoms in total. The number of benzene rings is 4. The first-order valence-electron chi connectivity index (χ1n) is 16.4. The number of rotatable bonds is 9. The van der Waals surface area contributed by atoms with Gasteiger partial charge in [0, 0.05) is 6.54 Å². The van der Waals surface area contributed by atoms with Crippen LogP contribution < -0.4 is 14.2 Å². The van der Waals surface area contributed by atoms with Gasteiger partial charge in [0.1, 0.15) is 23.9 Å². The molecule has 0 unspecified atom stereocenters. The summed E-state index contributed by atoms with van der Waals surface area (Å²) in [7, 11) is 0. The molecule has 0 saturated carbocycles. The van der Waals surface area contributed by atoms with E-state index in [1.165, 1.54) is 32.4 Å². The minimum Gasteiger partial charge on any atom is -0.492 e. The van der Waals surface area contributed by atoms with Crippen LogP contribution in [0.25, 0.3) is 21.9 Å². The largest absolute Gasteiger partial charge is 0.492 e. The van der Waals surface area contributed by atoms with Gasteiger partial charge in [-0.3, -0.25) is 14.5 Å². The number of hydrogen-bond donors (Lipinski definition) is 0. The van der Waals surface area contributed by atoms with Crippen LogP contribution in [0.4, 0.5) is 0 Å². The van der Waals surface area contributed by atoms with Crippen molar-refractivity contribution in [2.75, 3.05) is 26.2 Å². The van der Waals surface area contributed by atoms with Crippen LogP contribution in [0.2, 0.25) is 0 Å². The fourth-order valence-corrected chi connectivity index (χ4v) is 5.50. The van der Waals surface area contributed by atoms with Crippen molar-refractivity contribution in [1.29, 1.82) is 0 Å². The number of likely N-dealkylation sites (tertiary alicyclic amines) is 1. The molecule has 4 aromatic carbocycles. The van der Waals surface area contributed by atoms with Gasteiger partial charge in [-0.2, -0.15) is 0 Å². The SMILES string of the molecule is CC(C)(C)C(=O)Oc1ccc(-c2ccc3cc(OC(=O)C(C)(C)C)ccc3c2Cc2ccc(OCCN3CCCCC3)cc2)cc1. The third kappa shape index (κ3) is 8.55. The van der Waals surface area contributed by atoms with Crippen LogP contribution in [0.3, 0.4) is 0 Å².